The second-order valence-corrected chi connectivity index (χ2v) is 5.52. The van der Waals surface area contributed by atoms with Crippen molar-refractivity contribution in [3.8, 4) is 0 Å². The summed E-state index contributed by atoms with van der Waals surface area (Å²) in [6, 6.07) is 6.84. The van der Waals surface area contributed by atoms with Crippen molar-refractivity contribution >= 4 is 32.7 Å². The average Bonchev–Trinajstić information content (AvgIpc) is 3.09. The fourth-order valence-electron chi connectivity index (χ4n) is 2.14. The van der Waals surface area contributed by atoms with E-state index in [4.69, 9.17) is 0 Å². The molecule has 2 aromatic rings. The van der Waals surface area contributed by atoms with E-state index in [1.54, 1.807) is 24.3 Å². The number of methoxy groups -OCH3 is 1. The summed E-state index contributed by atoms with van der Waals surface area (Å²) in [6.45, 7) is -0.862. The topological polar surface area (TPSA) is 67.2 Å². The summed E-state index contributed by atoms with van der Waals surface area (Å²) in [5.74, 6) is -1.47. The Hall–Kier alpha value is -2.23. The number of esters is 1. The molecule has 0 N–H and O–H groups in total. The van der Waals surface area contributed by atoms with E-state index in [2.05, 4.69) is 20.1 Å². The van der Waals surface area contributed by atoms with Crippen LogP contribution in [0.4, 0.5) is 18.3 Å². The highest BCUT2D eigenvalue weighted by atomic mass is 32.1. The molecule has 0 saturated heterocycles. The van der Waals surface area contributed by atoms with E-state index in [1.165, 1.54) is 0 Å². The maximum Gasteiger partial charge on any atom is 0.426 e. The number of benzene rings is 1. The van der Waals surface area contributed by atoms with E-state index in [-0.39, 0.29) is 5.13 Å². The van der Waals surface area contributed by atoms with Crippen LogP contribution in [0.2, 0.25) is 0 Å². The van der Waals surface area contributed by atoms with Gasteiger partial charge in [-0.3, -0.25) is 0 Å². The van der Waals surface area contributed by atoms with Crippen LogP contribution in [0.3, 0.4) is 0 Å². The molecule has 10 heteroatoms. The van der Waals surface area contributed by atoms with Crippen molar-refractivity contribution in [2.24, 2.45) is 10.3 Å². The number of thiazole rings is 1. The quantitative estimate of drug-likeness (QED) is 0.794. The van der Waals surface area contributed by atoms with E-state index < -0.39 is 24.2 Å². The fourth-order valence-corrected chi connectivity index (χ4v) is 3.12. The minimum atomic E-state index is -4.92. The van der Waals surface area contributed by atoms with Crippen molar-refractivity contribution in [1.29, 1.82) is 0 Å². The molecular weight excluding hydrogens is 321 g/mol. The zero-order valence-corrected chi connectivity index (χ0v) is 12.0. The van der Waals surface area contributed by atoms with Gasteiger partial charge in [0.2, 0.25) is 5.13 Å². The van der Waals surface area contributed by atoms with Gasteiger partial charge < -0.3 is 4.74 Å². The number of ether oxygens (including phenoxy) is 1. The molecule has 0 spiro atoms. The Balaban J connectivity index is 2.14. The minimum absolute atomic E-state index is 0.0647. The molecule has 0 amide bonds. The Bertz CT molecular complexity index is 727. The lowest BCUT2D eigenvalue weighted by atomic mass is 9.99. The van der Waals surface area contributed by atoms with Gasteiger partial charge >= 0.3 is 12.1 Å². The number of halogens is 3. The van der Waals surface area contributed by atoms with E-state index in [9.17, 15) is 18.0 Å². The lowest BCUT2D eigenvalue weighted by Crippen LogP contribution is -2.63. The lowest BCUT2D eigenvalue weighted by molar-refractivity contribution is -0.200. The number of anilines is 1. The SMILES string of the molecule is COC(=O)C1(C(F)(F)F)CN=NN1c1nc2ccccc2s1. The van der Waals surface area contributed by atoms with Crippen LogP contribution in [0, 0.1) is 0 Å². The van der Waals surface area contributed by atoms with Gasteiger partial charge in [-0.25, -0.2) is 9.78 Å². The third-order valence-electron chi connectivity index (χ3n) is 3.27. The van der Waals surface area contributed by atoms with Gasteiger partial charge in [0.25, 0.3) is 5.54 Å². The van der Waals surface area contributed by atoms with E-state index in [0.717, 1.165) is 18.4 Å². The number of nitrogens with zero attached hydrogens (tertiary/aromatic N) is 4. The van der Waals surface area contributed by atoms with E-state index >= 15 is 0 Å². The molecule has 1 aromatic heterocycles. The van der Waals surface area contributed by atoms with Crippen molar-refractivity contribution in [3.05, 3.63) is 24.3 Å². The summed E-state index contributed by atoms with van der Waals surface area (Å²) >= 11 is 0.994. The van der Waals surface area contributed by atoms with Crippen LogP contribution in [0.5, 0.6) is 0 Å². The molecule has 2 heterocycles. The lowest BCUT2D eigenvalue weighted by Gasteiger charge is -2.32. The molecule has 1 aromatic carbocycles. The van der Waals surface area contributed by atoms with E-state index in [1.807, 2.05) is 0 Å². The Morgan fingerprint density at radius 3 is 2.77 bits per heavy atom. The molecule has 116 valence electrons. The van der Waals surface area contributed by atoms with Gasteiger partial charge in [-0.05, 0) is 12.1 Å². The third-order valence-corrected chi connectivity index (χ3v) is 4.28. The van der Waals surface area contributed by atoms with Gasteiger partial charge in [-0.2, -0.15) is 23.3 Å². The molecule has 1 aliphatic rings. The van der Waals surface area contributed by atoms with Gasteiger partial charge in [0.1, 0.15) is 6.54 Å². The Labute approximate surface area is 126 Å². The second-order valence-electron chi connectivity index (χ2n) is 4.51. The number of alkyl halides is 3. The zero-order chi connectivity index (χ0) is 16.0. The molecule has 3 rings (SSSR count). The molecule has 0 aliphatic carbocycles. The second kappa shape index (κ2) is 4.90. The van der Waals surface area contributed by atoms with Crippen LogP contribution in [-0.4, -0.2) is 36.3 Å². The van der Waals surface area contributed by atoms with Gasteiger partial charge in [-0.1, -0.05) is 28.7 Å². The molecule has 6 nitrogen and oxygen atoms in total. The van der Waals surface area contributed by atoms with Gasteiger partial charge in [0.05, 0.1) is 17.3 Å². The predicted molar refractivity (Wildman–Crippen MR) is 72.6 cm³/mol. The van der Waals surface area contributed by atoms with E-state index in [0.29, 0.717) is 15.2 Å². The summed E-state index contributed by atoms with van der Waals surface area (Å²) in [4.78, 5) is 16.0. The molecule has 0 saturated carbocycles. The van der Waals surface area contributed by atoms with Crippen LogP contribution in [0.25, 0.3) is 10.2 Å². The highest BCUT2D eigenvalue weighted by Gasteiger charge is 2.69. The summed E-state index contributed by atoms with van der Waals surface area (Å²) in [5.41, 5.74) is -2.46. The number of rotatable bonds is 2. The Morgan fingerprint density at radius 1 is 1.41 bits per heavy atom. The first kappa shape index (κ1) is 14.7. The number of hydrogen-bond acceptors (Lipinski definition) is 7. The average molecular weight is 330 g/mol. The normalized spacial score (nSPS) is 21.5. The van der Waals surface area contributed by atoms with Crippen LogP contribution in [0.15, 0.2) is 34.6 Å². The first-order chi connectivity index (χ1) is 10.4. The fraction of sp³-hybridized carbons (Fsp3) is 0.333. The largest absolute Gasteiger partial charge is 0.467 e. The first-order valence-electron chi connectivity index (χ1n) is 6.08. The molecule has 1 atom stereocenters. The van der Waals surface area contributed by atoms with Crippen molar-refractivity contribution in [2.45, 2.75) is 11.7 Å². The summed E-state index contributed by atoms with van der Waals surface area (Å²) < 4.78 is 45.7. The maximum absolute atomic E-state index is 13.6. The van der Waals surface area contributed by atoms with Crippen LogP contribution in [-0.2, 0) is 9.53 Å². The number of fused-ring (bicyclic) bond motifs is 1. The van der Waals surface area contributed by atoms with Crippen LogP contribution in [0.1, 0.15) is 0 Å². The van der Waals surface area contributed by atoms with Crippen LogP contribution < -0.4 is 5.01 Å². The zero-order valence-electron chi connectivity index (χ0n) is 11.2. The maximum atomic E-state index is 13.6. The number of hydrogen-bond donors (Lipinski definition) is 0. The highest BCUT2D eigenvalue weighted by molar-refractivity contribution is 7.22. The van der Waals surface area contributed by atoms with Crippen LogP contribution >= 0.6 is 11.3 Å². The van der Waals surface area contributed by atoms with Crippen molar-refractivity contribution in [3.63, 3.8) is 0 Å². The minimum Gasteiger partial charge on any atom is -0.467 e. The Morgan fingerprint density at radius 2 is 2.14 bits per heavy atom. The van der Waals surface area contributed by atoms with Gasteiger partial charge in [0.15, 0.2) is 0 Å². The standard InChI is InChI=1S/C12H9F3N4O2S/c1-21-9(20)11(12(13,14)15)6-16-18-19(11)10-17-7-4-2-3-5-8(7)22-10/h2-5H,6H2,1H3. The smallest absolute Gasteiger partial charge is 0.426 e. The number of aromatic nitrogens is 1. The molecule has 1 aliphatic heterocycles. The summed E-state index contributed by atoms with van der Waals surface area (Å²) in [7, 11) is 0.894. The number of carbonyl (C=O) groups is 1. The van der Waals surface area contributed by atoms with Crippen molar-refractivity contribution in [2.75, 3.05) is 18.7 Å². The molecule has 0 fully saturated rings. The van der Waals surface area contributed by atoms with Crippen molar-refractivity contribution in [1.82, 2.24) is 4.98 Å². The predicted octanol–water partition coefficient (Wildman–Crippen LogP) is 2.96. The molecule has 0 radical (unpaired) electrons. The highest BCUT2D eigenvalue weighted by Crippen LogP contribution is 2.44. The first-order valence-corrected chi connectivity index (χ1v) is 6.90. The van der Waals surface area contributed by atoms with Crippen molar-refractivity contribution < 1.29 is 22.7 Å². The molecular formula is C12H9F3N4O2S. The number of carbonyl (C=O) groups excluding carboxylic acids is 1. The monoisotopic (exact) mass is 330 g/mol. The van der Waals surface area contributed by atoms with Gasteiger partial charge in [-0.15, -0.1) is 0 Å². The van der Waals surface area contributed by atoms with Gasteiger partial charge in [0, 0.05) is 0 Å². The number of para-hydroxylation sites is 1. The molecule has 22 heavy (non-hydrogen) atoms. The summed E-state index contributed by atoms with van der Waals surface area (Å²) in [6.07, 6.45) is -4.92. The molecule has 1 unspecified atom stereocenters. The molecule has 0 bridgehead atoms. The third kappa shape index (κ3) is 1.94. The Kier molecular flexibility index (Phi) is 3.28. The summed E-state index contributed by atoms with van der Waals surface area (Å²) in [5, 5.41) is 7.31.